The molecule has 1 fully saturated rings. The molecule has 0 aromatic carbocycles. The third-order valence-corrected chi connectivity index (χ3v) is 3.66. The second-order valence-corrected chi connectivity index (χ2v) is 4.64. The van der Waals surface area contributed by atoms with Crippen molar-refractivity contribution in [1.29, 1.82) is 0 Å². The van der Waals surface area contributed by atoms with E-state index in [1.807, 2.05) is 0 Å². The highest BCUT2D eigenvalue weighted by Gasteiger charge is 2.24. The van der Waals surface area contributed by atoms with E-state index < -0.39 is 0 Å². The Bertz CT molecular complexity index is 210. The molecule has 2 unspecified atom stereocenters. The molecule has 80 valence electrons. The van der Waals surface area contributed by atoms with E-state index in [-0.39, 0.29) is 0 Å². The Hall–Kier alpha value is -0.530. The van der Waals surface area contributed by atoms with Gasteiger partial charge in [0.05, 0.1) is 5.84 Å². The Morgan fingerprint density at radius 3 is 2.86 bits per heavy atom. The van der Waals surface area contributed by atoms with Gasteiger partial charge in [0.2, 0.25) is 0 Å². The van der Waals surface area contributed by atoms with Crippen LogP contribution in [0.4, 0.5) is 0 Å². The summed E-state index contributed by atoms with van der Waals surface area (Å²) in [6, 6.07) is 0.727. The van der Waals surface area contributed by atoms with E-state index in [1.165, 1.54) is 50.8 Å². The Morgan fingerprint density at radius 1 is 1.29 bits per heavy atom. The zero-order chi connectivity index (χ0) is 9.80. The van der Waals surface area contributed by atoms with Crippen LogP contribution in [0.1, 0.15) is 51.9 Å². The average Bonchev–Trinajstić information content (AvgIpc) is 2.71. The minimum atomic E-state index is 0.727. The van der Waals surface area contributed by atoms with Gasteiger partial charge in [0.1, 0.15) is 0 Å². The Labute approximate surface area is 87.2 Å². The summed E-state index contributed by atoms with van der Waals surface area (Å²) in [7, 11) is 0. The van der Waals surface area contributed by atoms with Crippen LogP contribution in [-0.2, 0) is 0 Å². The molecule has 2 heteroatoms. The lowest BCUT2D eigenvalue weighted by molar-refractivity contribution is 0.279. The molecule has 2 nitrogen and oxygen atoms in total. The SMILES string of the molecule is CCC1CCCCC1NC1=NCCC1. The number of nitrogens with zero attached hydrogens (tertiary/aromatic N) is 1. The fraction of sp³-hybridized carbons (Fsp3) is 0.917. The zero-order valence-electron chi connectivity index (χ0n) is 9.26. The van der Waals surface area contributed by atoms with Crippen LogP contribution >= 0.6 is 0 Å². The lowest BCUT2D eigenvalue weighted by Crippen LogP contribution is -2.41. The summed E-state index contributed by atoms with van der Waals surface area (Å²) in [6.45, 7) is 3.37. The van der Waals surface area contributed by atoms with Crippen molar-refractivity contribution < 1.29 is 0 Å². The number of aliphatic imine (C=N–C) groups is 1. The fourth-order valence-electron chi connectivity index (χ4n) is 2.76. The Kier molecular flexibility index (Phi) is 3.44. The van der Waals surface area contributed by atoms with Gasteiger partial charge in [0.15, 0.2) is 0 Å². The normalized spacial score (nSPS) is 32.8. The maximum absolute atomic E-state index is 4.50. The van der Waals surface area contributed by atoms with Crippen molar-refractivity contribution in [2.75, 3.05) is 6.54 Å². The molecule has 1 N–H and O–H groups in total. The van der Waals surface area contributed by atoms with Gasteiger partial charge in [0.25, 0.3) is 0 Å². The van der Waals surface area contributed by atoms with Crippen molar-refractivity contribution in [2.45, 2.75) is 57.9 Å². The number of hydrogen-bond donors (Lipinski definition) is 1. The van der Waals surface area contributed by atoms with Crippen LogP contribution in [0.25, 0.3) is 0 Å². The summed E-state index contributed by atoms with van der Waals surface area (Å²) >= 11 is 0. The smallest absolute Gasteiger partial charge is 0.0965 e. The summed E-state index contributed by atoms with van der Waals surface area (Å²) in [5, 5.41) is 3.67. The molecule has 14 heavy (non-hydrogen) atoms. The Balaban J connectivity index is 1.87. The van der Waals surface area contributed by atoms with Gasteiger partial charge in [0, 0.05) is 19.0 Å². The largest absolute Gasteiger partial charge is 0.371 e. The van der Waals surface area contributed by atoms with Crippen molar-refractivity contribution in [3.8, 4) is 0 Å². The van der Waals surface area contributed by atoms with Gasteiger partial charge in [-0.3, -0.25) is 4.99 Å². The van der Waals surface area contributed by atoms with Crippen LogP contribution < -0.4 is 5.32 Å². The highest BCUT2D eigenvalue weighted by atomic mass is 15.0. The molecule has 2 atom stereocenters. The van der Waals surface area contributed by atoms with E-state index in [1.54, 1.807) is 0 Å². The van der Waals surface area contributed by atoms with Gasteiger partial charge in [-0.15, -0.1) is 0 Å². The summed E-state index contributed by atoms with van der Waals surface area (Å²) < 4.78 is 0. The van der Waals surface area contributed by atoms with Gasteiger partial charge in [-0.2, -0.15) is 0 Å². The summed E-state index contributed by atoms with van der Waals surface area (Å²) in [5.74, 6) is 2.18. The second kappa shape index (κ2) is 4.81. The molecule has 0 aromatic rings. The first-order chi connectivity index (χ1) is 6.90. The van der Waals surface area contributed by atoms with Crippen LogP contribution in [0.3, 0.4) is 0 Å². The van der Waals surface area contributed by atoms with Crippen LogP contribution in [-0.4, -0.2) is 18.4 Å². The predicted octanol–water partition coefficient (Wildman–Crippen LogP) is 2.74. The fourth-order valence-corrected chi connectivity index (χ4v) is 2.76. The quantitative estimate of drug-likeness (QED) is 0.718. The highest BCUT2D eigenvalue weighted by Crippen LogP contribution is 2.27. The molecule has 0 spiro atoms. The maximum Gasteiger partial charge on any atom is 0.0965 e. The van der Waals surface area contributed by atoms with Crippen LogP contribution in [0.5, 0.6) is 0 Å². The molecular formula is C12H22N2. The molecular weight excluding hydrogens is 172 g/mol. The number of nitrogens with one attached hydrogen (secondary N) is 1. The molecule has 0 bridgehead atoms. The van der Waals surface area contributed by atoms with E-state index in [2.05, 4.69) is 17.2 Å². The van der Waals surface area contributed by atoms with Gasteiger partial charge < -0.3 is 5.32 Å². The minimum absolute atomic E-state index is 0.727. The number of hydrogen-bond acceptors (Lipinski definition) is 2. The molecule has 1 aliphatic carbocycles. The van der Waals surface area contributed by atoms with E-state index in [9.17, 15) is 0 Å². The van der Waals surface area contributed by atoms with Crippen LogP contribution in [0.15, 0.2) is 4.99 Å². The Morgan fingerprint density at radius 2 is 2.14 bits per heavy atom. The summed E-state index contributed by atoms with van der Waals surface area (Å²) in [5.41, 5.74) is 0. The zero-order valence-corrected chi connectivity index (χ0v) is 9.26. The second-order valence-electron chi connectivity index (χ2n) is 4.64. The summed E-state index contributed by atoms with van der Waals surface area (Å²) in [4.78, 5) is 4.50. The number of amidine groups is 1. The summed E-state index contributed by atoms with van der Waals surface area (Å²) in [6.07, 6.45) is 9.38. The molecule has 1 saturated carbocycles. The monoisotopic (exact) mass is 194 g/mol. The molecule has 2 aliphatic rings. The molecule has 0 radical (unpaired) electrons. The van der Waals surface area contributed by atoms with Gasteiger partial charge >= 0.3 is 0 Å². The van der Waals surface area contributed by atoms with Crippen LogP contribution in [0.2, 0.25) is 0 Å². The van der Waals surface area contributed by atoms with E-state index >= 15 is 0 Å². The third-order valence-electron chi connectivity index (χ3n) is 3.66. The minimum Gasteiger partial charge on any atom is -0.371 e. The third kappa shape index (κ3) is 2.28. The van der Waals surface area contributed by atoms with Crippen molar-refractivity contribution in [3.63, 3.8) is 0 Å². The topological polar surface area (TPSA) is 24.4 Å². The highest BCUT2D eigenvalue weighted by molar-refractivity contribution is 5.83. The van der Waals surface area contributed by atoms with Crippen molar-refractivity contribution in [2.24, 2.45) is 10.9 Å². The van der Waals surface area contributed by atoms with Crippen molar-refractivity contribution in [3.05, 3.63) is 0 Å². The van der Waals surface area contributed by atoms with Crippen LogP contribution in [0, 0.1) is 5.92 Å². The first kappa shape index (κ1) is 10.0. The maximum atomic E-state index is 4.50. The van der Waals surface area contributed by atoms with Gasteiger partial charge in [-0.1, -0.05) is 26.2 Å². The predicted molar refractivity (Wildman–Crippen MR) is 60.7 cm³/mol. The molecule has 2 rings (SSSR count). The molecule has 1 heterocycles. The van der Waals surface area contributed by atoms with E-state index in [4.69, 9.17) is 0 Å². The lowest BCUT2D eigenvalue weighted by Gasteiger charge is -2.32. The molecule has 0 aromatic heterocycles. The van der Waals surface area contributed by atoms with Crippen molar-refractivity contribution in [1.82, 2.24) is 5.32 Å². The average molecular weight is 194 g/mol. The first-order valence-corrected chi connectivity index (χ1v) is 6.20. The lowest BCUT2D eigenvalue weighted by atomic mass is 9.83. The van der Waals surface area contributed by atoms with Gasteiger partial charge in [-0.05, 0) is 25.2 Å². The number of rotatable bonds is 2. The van der Waals surface area contributed by atoms with E-state index in [0.29, 0.717) is 0 Å². The van der Waals surface area contributed by atoms with Gasteiger partial charge in [-0.25, -0.2) is 0 Å². The van der Waals surface area contributed by atoms with E-state index in [0.717, 1.165) is 18.5 Å². The molecule has 1 aliphatic heterocycles. The molecule has 0 saturated heterocycles. The standard InChI is InChI=1S/C12H22N2/c1-2-10-6-3-4-7-11(10)14-12-8-5-9-13-12/h10-11H,2-9H2,1H3,(H,13,14). The van der Waals surface area contributed by atoms with Crippen molar-refractivity contribution >= 4 is 5.84 Å². The molecule has 0 amide bonds. The first-order valence-electron chi connectivity index (χ1n) is 6.20.